The summed E-state index contributed by atoms with van der Waals surface area (Å²) >= 11 is 0. The maximum Gasteiger partial charge on any atom is 0.277 e. The third-order valence-electron chi connectivity index (χ3n) is 3.22. The topological polar surface area (TPSA) is 60.2 Å². The molecule has 0 N–H and O–H groups in total. The molecule has 18 heavy (non-hydrogen) atoms. The normalized spacial score (nSPS) is 16.1. The Bertz CT molecular complexity index is 532. The minimum absolute atomic E-state index is 0.0184. The number of hydrogen-bond donors (Lipinski definition) is 0. The van der Waals surface area contributed by atoms with Crippen LogP contribution in [0.2, 0.25) is 0 Å². The average Bonchev–Trinajstić information content (AvgIpc) is 2.54. The van der Waals surface area contributed by atoms with E-state index in [4.69, 9.17) is 0 Å². The Morgan fingerprint density at radius 1 is 1.28 bits per heavy atom. The van der Waals surface area contributed by atoms with Crippen LogP contribution in [0.4, 0.5) is 5.69 Å². The number of carbonyl (C=O) groups is 1. The predicted molar refractivity (Wildman–Crippen MR) is 69.3 cm³/mol. The Morgan fingerprint density at radius 2 is 2.06 bits per heavy atom. The van der Waals surface area contributed by atoms with Crippen LogP contribution in [-0.2, 0) is 4.79 Å². The number of Topliss-reactive ketones (excluding diaryl/α,β-unsaturated/α-hetero) is 1. The molecule has 4 nitrogen and oxygen atoms in total. The minimum Gasteiger partial charge on any atom is -0.294 e. The van der Waals surface area contributed by atoms with Crippen LogP contribution in [0, 0.1) is 17.0 Å². The molecule has 94 valence electrons. The summed E-state index contributed by atoms with van der Waals surface area (Å²) < 4.78 is 0. The zero-order chi connectivity index (χ0) is 13.1. The molecule has 0 unspecified atom stereocenters. The predicted octanol–water partition coefficient (Wildman–Crippen LogP) is 3.43. The van der Waals surface area contributed by atoms with Gasteiger partial charge in [0.05, 0.1) is 10.5 Å². The van der Waals surface area contributed by atoms with Gasteiger partial charge in [-0.05, 0) is 31.7 Å². The van der Waals surface area contributed by atoms with Crippen molar-refractivity contribution in [2.45, 2.75) is 32.6 Å². The molecule has 0 heterocycles. The average molecular weight is 245 g/mol. The molecular weight excluding hydrogens is 230 g/mol. The summed E-state index contributed by atoms with van der Waals surface area (Å²) in [4.78, 5) is 22.7. The maximum absolute atomic E-state index is 12.1. The number of nitrogens with zero attached hydrogens (tertiary/aromatic N) is 1. The van der Waals surface area contributed by atoms with Crippen molar-refractivity contribution in [3.05, 3.63) is 45.5 Å². The maximum atomic E-state index is 12.1. The molecule has 1 aromatic carbocycles. The number of nitro groups is 1. The van der Waals surface area contributed by atoms with E-state index in [-0.39, 0.29) is 11.5 Å². The second-order valence-corrected chi connectivity index (χ2v) is 4.51. The molecule has 0 fully saturated rings. The lowest BCUT2D eigenvalue weighted by atomic mass is 9.94. The SMILES string of the molecule is Cc1cccc([N+](=O)[O-])c1C1=CCCCCC1=O. The summed E-state index contributed by atoms with van der Waals surface area (Å²) in [5, 5.41) is 11.1. The van der Waals surface area contributed by atoms with Gasteiger partial charge in [0.2, 0.25) is 0 Å². The van der Waals surface area contributed by atoms with Crippen LogP contribution in [0.1, 0.15) is 36.8 Å². The van der Waals surface area contributed by atoms with Gasteiger partial charge < -0.3 is 0 Å². The molecule has 1 aliphatic carbocycles. The molecule has 0 aliphatic heterocycles. The second-order valence-electron chi connectivity index (χ2n) is 4.51. The summed E-state index contributed by atoms with van der Waals surface area (Å²) in [5.74, 6) is 0.0184. The fraction of sp³-hybridized carbons (Fsp3) is 0.357. The Balaban J connectivity index is 2.58. The lowest BCUT2D eigenvalue weighted by molar-refractivity contribution is -0.385. The Hall–Kier alpha value is -1.97. The summed E-state index contributed by atoms with van der Waals surface area (Å²) in [6.45, 7) is 1.81. The first kappa shape index (κ1) is 12.5. The number of benzene rings is 1. The van der Waals surface area contributed by atoms with Gasteiger partial charge in [-0.25, -0.2) is 0 Å². The third-order valence-corrected chi connectivity index (χ3v) is 3.22. The monoisotopic (exact) mass is 245 g/mol. The summed E-state index contributed by atoms with van der Waals surface area (Å²) in [7, 11) is 0. The largest absolute Gasteiger partial charge is 0.294 e. The van der Waals surface area contributed by atoms with Crippen LogP contribution >= 0.6 is 0 Å². The van der Waals surface area contributed by atoms with Crippen LogP contribution in [0.25, 0.3) is 5.57 Å². The van der Waals surface area contributed by atoms with E-state index in [0.29, 0.717) is 17.6 Å². The highest BCUT2D eigenvalue weighted by Gasteiger charge is 2.24. The Morgan fingerprint density at radius 3 is 2.78 bits per heavy atom. The van der Waals surface area contributed by atoms with Crippen molar-refractivity contribution in [1.29, 1.82) is 0 Å². The number of carbonyl (C=O) groups excluding carboxylic acids is 1. The molecule has 0 spiro atoms. The van der Waals surface area contributed by atoms with Crippen molar-refractivity contribution in [2.75, 3.05) is 0 Å². The van der Waals surface area contributed by atoms with Gasteiger partial charge in [-0.15, -0.1) is 0 Å². The van der Waals surface area contributed by atoms with E-state index in [0.717, 1.165) is 24.8 Å². The van der Waals surface area contributed by atoms with Gasteiger partial charge in [-0.2, -0.15) is 0 Å². The molecule has 0 atom stereocenters. The fourth-order valence-electron chi connectivity index (χ4n) is 2.32. The number of rotatable bonds is 2. The van der Waals surface area contributed by atoms with E-state index in [1.54, 1.807) is 19.1 Å². The molecule has 0 radical (unpaired) electrons. The highest BCUT2D eigenvalue weighted by molar-refractivity contribution is 6.22. The van der Waals surface area contributed by atoms with Crippen molar-refractivity contribution >= 4 is 17.0 Å². The molecule has 0 saturated carbocycles. The van der Waals surface area contributed by atoms with Gasteiger partial charge in [0, 0.05) is 18.1 Å². The smallest absolute Gasteiger partial charge is 0.277 e. The number of allylic oxidation sites excluding steroid dienone is 2. The zero-order valence-electron chi connectivity index (χ0n) is 10.3. The molecule has 4 heteroatoms. The zero-order valence-corrected chi connectivity index (χ0v) is 10.3. The van der Waals surface area contributed by atoms with Crippen LogP contribution in [0.3, 0.4) is 0 Å². The molecular formula is C14H15NO3. The molecule has 2 rings (SSSR count). The van der Waals surface area contributed by atoms with Gasteiger partial charge in [-0.3, -0.25) is 14.9 Å². The number of aryl methyl sites for hydroxylation is 1. The van der Waals surface area contributed by atoms with Gasteiger partial charge in [0.1, 0.15) is 0 Å². The van der Waals surface area contributed by atoms with Gasteiger partial charge in [-0.1, -0.05) is 18.2 Å². The summed E-state index contributed by atoms with van der Waals surface area (Å²) in [5.41, 5.74) is 1.83. The van der Waals surface area contributed by atoms with Crippen molar-refractivity contribution in [3.63, 3.8) is 0 Å². The molecule has 1 aromatic rings. The molecule has 0 saturated heterocycles. The van der Waals surface area contributed by atoms with E-state index in [2.05, 4.69) is 0 Å². The number of nitro benzene ring substituents is 1. The molecule has 0 amide bonds. The van der Waals surface area contributed by atoms with Crippen molar-refractivity contribution in [1.82, 2.24) is 0 Å². The first-order valence-electron chi connectivity index (χ1n) is 6.09. The highest BCUT2D eigenvalue weighted by Crippen LogP contribution is 2.32. The van der Waals surface area contributed by atoms with E-state index in [9.17, 15) is 14.9 Å². The molecule has 0 bridgehead atoms. The molecule has 1 aliphatic rings. The minimum atomic E-state index is -0.415. The van der Waals surface area contributed by atoms with Gasteiger partial charge in [0.15, 0.2) is 5.78 Å². The van der Waals surface area contributed by atoms with E-state index >= 15 is 0 Å². The third kappa shape index (κ3) is 2.32. The van der Waals surface area contributed by atoms with Crippen molar-refractivity contribution < 1.29 is 9.72 Å². The van der Waals surface area contributed by atoms with Crippen LogP contribution in [0.15, 0.2) is 24.3 Å². The van der Waals surface area contributed by atoms with Crippen LogP contribution in [0.5, 0.6) is 0 Å². The van der Waals surface area contributed by atoms with E-state index in [1.165, 1.54) is 6.07 Å². The van der Waals surface area contributed by atoms with E-state index < -0.39 is 4.92 Å². The Kier molecular flexibility index (Phi) is 3.55. The quantitative estimate of drug-likeness (QED) is 0.592. The lowest BCUT2D eigenvalue weighted by Gasteiger charge is -2.09. The van der Waals surface area contributed by atoms with Gasteiger partial charge in [0.25, 0.3) is 5.69 Å². The summed E-state index contributed by atoms with van der Waals surface area (Å²) in [6.07, 6.45) is 4.97. The van der Waals surface area contributed by atoms with Crippen molar-refractivity contribution in [3.8, 4) is 0 Å². The van der Waals surface area contributed by atoms with Crippen LogP contribution < -0.4 is 0 Å². The van der Waals surface area contributed by atoms with E-state index in [1.807, 2.05) is 6.08 Å². The molecule has 0 aromatic heterocycles. The Labute approximate surface area is 105 Å². The van der Waals surface area contributed by atoms with Gasteiger partial charge >= 0.3 is 0 Å². The standard InChI is InChI=1S/C14H15NO3/c1-10-6-5-8-12(15(17)18)14(10)11-7-3-2-4-9-13(11)16/h5-8H,2-4,9H2,1H3. The fourth-order valence-corrected chi connectivity index (χ4v) is 2.32. The number of hydrogen-bond acceptors (Lipinski definition) is 3. The number of ketones is 1. The lowest BCUT2D eigenvalue weighted by Crippen LogP contribution is -2.05. The highest BCUT2D eigenvalue weighted by atomic mass is 16.6. The first-order chi connectivity index (χ1) is 8.61. The summed E-state index contributed by atoms with van der Waals surface area (Å²) in [6, 6.07) is 4.92. The first-order valence-corrected chi connectivity index (χ1v) is 6.09. The second kappa shape index (κ2) is 5.12. The van der Waals surface area contributed by atoms with Crippen LogP contribution in [-0.4, -0.2) is 10.7 Å². The van der Waals surface area contributed by atoms with Crippen molar-refractivity contribution in [2.24, 2.45) is 0 Å².